The van der Waals surface area contributed by atoms with E-state index in [1.807, 2.05) is 11.8 Å². The van der Waals surface area contributed by atoms with Crippen LogP contribution in [0.4, 0.5) is 0 Å². The molecular weight excluding hydrogens is 230 g/mol. The molecular formula is C14H17NOS. The van der Waals surface area contributed by atoms with Crippen LogP contribution in [0.5, 0.6) is 0 Å². The quantitative estimate of drug-likeness (QED) is 0.798. The number of hydrogen-bond acceptors (Lipinski definition) is 3. The van der Waals surface area contributed by atoms with E-state index in [0.29, 0.717) is 5.78 Å². The molecule has 2 bridgehead atoms. The summed E-state index contributed by atoms with van der Waals surface area (Å²) in [5, 5.41) is 0. The zero-order chi connectivity index (χ0) is 11.7. The van der Waals surface area contributed by atoms with E-state index in [-0.39, 0.29) is 11.8 Å². The number of Topliss-reactive ketones (excluding diaryl/α,β-unsaturated/α-hetero) is 1. The molecule has 3 heteroatoms. The molecule has 2 aliphatic rings. The topological polar surface area (TPSA) is 20.3 Å². The predicted octanol–water partition coefficient (Wildman–Crippen LogP) is 2.05. The number of rotatable bonds is 2. The lowest BCUT2D eigenvalue weighted by atomic mass is 9.89. The Morgan fingerprint density at radius 1 is 1.12 bits per heavy atom. The molecule has 2 nitrogen and oxygen atoms in total. The van der Waals surface area contributed by atoms with Crippen molar-refractivity contribution in [2.75, 3.05) is 24.6 Å². The number of thioether (sulfide) groups is 1. The van der Waals surface area contributed by atoms with Gasteiger partial charge in [0.25, 0.3) is 0 Å². The summed E-state index contributed by atoms with van der Waals surface area (Å²) in [6, 6.07) is 10.6. The van der Waals surface area contributed by atoms with E-state index in [9.17, 15) is 4.79 Å². The molecule has 0 N–H and O–H groups in total. The number of ketones is 1. The van der Waals surface area contributed by atoms with E-state index in [1.54, 1.807) is 0 Å². The lowest BCUT2D eigenvalue weighted by Gasteiger charge is -2.39. The van der Waals surface area contributed by atoms with Gasteiger partial charge in [0, 0.05) is 43.0 Å². The third-order valence-electron chi connectivity index (χ3n) is 3.65. The minimum absolute atomic E-state index is 0.288. The molecule has 2 heterocycles. The molecule has 0 radical (unpaired) electrons. The Morgan fingerprint density at radius 2 is 1.76 bits per heavy atom. The largest absolute Gasteiger partial charge is 0.299 e. The maximum atomic E-state index is 12.0. The molecule has 0 amide bonds. The second-order valence-electron chi connectivity index (χ2n) is 5.01. The number of benzene rings is 1. The first kappa shape index (κ1) is 11.3. The van der Waals surface area contributed by atoms with Gasteiger partial charge in [-0.3, -0.25) is 9.69 Å². The Labute approximate surface area is 106 Å². The summed E-state index contributed by atoms with van der Waals surface area (Å²) in [6.45, 7) is 2.90. The highest BCUT2D eigenvalue weighted by Gasteiger charge is 2.38. The van der Waals surface area contributed by atoms with Crippen LogP contribution >= 0.6 is 11.8 Å². The van der Waals surface area contributed by atoms with Crippen LogP contribution in [0.25, 0.3) is 0 Å². The van der Waals surface area contributed by atoms with Crippen LogP contribution in [0.3, 0.4) is 0 Å². The third kappa shape index (κ3) is 2.40. The van der Waals surface area contributed by atoms with Gasteiger partial charge in [-0.05, 0) is 5.56 Å². The standard InChI is InChI=1S/C14H17NOS/c16-14-12-7-15(8-13(14)10-17-9-12)6-11-4-2-1-3-5-11/h1-5,12-13H,6-10H2/t12-,13-/m0/s1. The third-order valence-corrected chi connectivity index (χ3v) is 4.93. The zero-order valence-electron chi connectivity index (χ0n) is 9.84. The Balaban J connectivity index is 1.68. The van der Waals surface area contributed by atoms with Gasteiger partial charge in [-0.15, -0.1) is 0 Å². The van der Waals surface area contributed by atoms with Gasteiger partial charge >= 0.3 is 0 Å². The Kier molecular flexibility index (Phi) is 3.21. The van der Waals surface area contributed by atoms with Gasteiger partial charge in [-0.25, -0.2) is 0 Å². The summed E-state index contributed by atoms with van der Waals surface area (Å²) in [6.07, 6.45) is 0. The van der Waals surface area contributed by atoms with Crippen LogP contribution in [0.2, 0.25) is 0 Å². The highest BCUT2D eigenvalue weighted by molar-refractivity contribution is 7.99. The summed E-state index contributed by atoms with van der Waals surface area (Å²) < 4.78 is 0. The Morgan fingerprint density at radius 3 is 2.41 bits per heavy atom. The number of hydrogen-bond donors (Lipinski definition) is 0. The summed E-state index contributed by atoms with van der Waals surface area (Å²) in [7, 11) is 0. The van der Waals surface area contributed by atoms with Gasteiger partial charge in [-0.2, -0.15) is 11.8 Å². The summed E-state index contributed by atoms with van der Waals surface area (Å²) in [4.78, 5) is 14.4. The van der Waals surface area contributed by atoms with Crippen LogP contribution < -0.4 is 0 Å². The molecule has 2 aliphatic heterocycles. The highest BCUT2D eigenvalue weighted by atomic mass is 32.2. The first-order valence-electron chi connectivity index (χ1n) is 6.20. The molecule has 0 saturated carbocycles. The van der Waals surface area contributed by atoms with Gasteiger partial charge in [0.2, 0.25) is 0 Å². The molecule has 3 rings (SSSR count). The van der Waals surface area contributed by atoms with Gasteiger partial charge in [0.15, 0.2) is 0 Å². The fourth-order valence-electron chi connectivity index (χ4n) is 2.80. The molecule has 1 aromatic carbocycles. The molecule has 0 aliphatic carbocycles. The van der Waals surface area contributed by atoms with Crippen LogP contribution in [0.1, 0.15) is 5.56 Å². The summed E-state index contributed by atoms with van der Waals surface area (Å²) >= 11 is 1.95. The summed E-state index contributed by atoms with van der Waals surface area (Å²) in [5.41, 5.74) is 1.35. The number of piperidine rings is 1. The second kappa shape index (κ2) is 4.83. The van der Waals surface area contributed by atoms with Gasteiger partial charge in [-0.1, -0.05) is 30.3 Å². The maximum absolute atomic E-state index is 12.0. The lowest BCUT2D eigenvalue weighted by Crippen LogP contribution is -2.50. The van der Waals surface area contributed by atoms with Crippen molar-refractivity contribution in [1.82, 2.24) is 4.90 Å². The van der Waals surface area contributed by atoms with E-state index < -0.39 is 0 Å². The van der Waals surface area contributed by atoms with Crippen molar-refractivity contribution in [2.24, 2.45) is 11.8 Å². The van der Waals surface area contributed by atoms with E-state index in [0.717, 1.165) is 31.1 Å². The van der Waals surface area contributed by atoms with Crippen LogP contribution in [0.15, 0.2) is 30.3 Å². The number of fused-ring (bicyclic) bond motifs is 2. The minimum atomic E-state index is 0.288. The lowest BCUT2D eigenvalue weighted by molar-refractivity contribution is -0.130. The minimum Gasteiger partial charge on any atom is -0.299 e. The van der Waals surface area contributed by atoms with E-state index in [2.05, 4.69) is 35.2 Å². The Hall–Kier alpha value is -0.800. The van der Waals surface area contributed by atoms with Gasteiger partial charge < -0.3 is 0 Å². The number of nitrogens with zero attached hydrogens (tertiary/aromatic N) is 1. The molecule has 17 heavy (non-hydrogen) atoms. The second-order valence-corrected chi connectivity index (χ2v) is 6.09. The molecule has 0 unspecified atom stereocenters. The molecule has 2 atom stereocenters. The van der Waals surface area contributed by atoms with Crippen LogP contribution in [-0.4, -0.2) is 35.3 Å². The average Bonchev–Trinajstić information content (AvgIpc) is 2.32. The van der Waals surface area contributed by atoms with Crippen molar-refractivity contribution < 1.29 is 4.79 Å². The molecule has 2 saturated heterocycles. The highest BCUT2D eigenvalue weighted by Crippen LogP contribution is 2.30. The molecule has 1 aromatic rings. The monoisotopic (exact) mass is 247 g/mol. The van der Waals surface area contributed by atoms with Crippen molar-refractivity contribution in [1.29, 1.82) is 0 Å². The van der Waals surface area contributed by atoms with Crippen molar-refractivity contribution in [2.45, 2.75) is 6.54 Å². The zero-order valence-corrected chi connectivity index (χ0v) is 10.7. The van der Waals surface area contributed by atoms with Crippen molar-refractivity contribution in [3.05, 3.63) is 35.9 Å². The van der Waals surface area contributed by atoms with Crippen molar-refractivity contribution >= 4 is 17.5 Å². The number of likely N-dealkylation sites (tertiary alicyclic amines) is 1. The van der Waals surface area contributed by atoms with Crippen molar-refractivity contribution in [3.63, 3.8) is 0 Å². The first-order valence-corrected chi connectivity index (χ1v) is 7.36. The molecule has 90 valence electrons. The molecule has 0 spiro atoms. The average molecular weight is 247 g/mol. The summed E-state index contributed by atoms with van der Waals surface area (Å²) in [5.74, 6) is 3.15. The van der Waals surface area contributed by atoms with Crippen molar-refractivity contribution in [3.8, 4) is 0 Å². The normalized spacial score (nSPS) is 29.3. The molecule has 0 aromatic heterocycles. The SMILES string of the molecule is O=C1[C@@H]2CSC[C@@H]1CN(Cc1ccccc1)C2. The maximum Gasteiger partial charge on any atom is 0.143 e. The van der Waals surface area contributed by atoms with Crippen LogP contribution in [-0.2, 0) is 11.3 Å². The smallest absolute Gasteiger partial charge is 0.143 e. The van der Waals surface area contributed by atoms with E-state index in [1.165, 1.54) is 5.56 Å². The Bertz CT molecular complexity index is 390. The first-order chi connectivity index (χ1) is 8.33. The van der Waals surface area contributed by atoms with Gasteiger partial charge in [0.05, 0.1) is 0 Å². The van der Waals surface area contributed by atoms with E-state index >= 15 is 0 Å². The number of carbonyl (C=O) groups is 1. The van der Waals surface area contributed by atoms with Crippen LogP contribution in [0, 0.1) is 11.8 Å². The molecule has 2 fully saturated rings. The fraction of sp³-hybridized carbons (Fsp3) is 0.500. The number of carbonyl (C=O) groups excluding carboxylic acids is 1. The fourth-order valence-corrected chi connectivity index (χ4v) is 4.05. The predicted molar refractivity (Wildman–Crippen MR) is 71.0 cm³/mol. The van der Waals surface area contributed by atoms with Gasteiger partial charge in [0.1, 0.15) is 5.78 Å². The van der Waals surface area contributed by atoms with E-state index in [4.69, 9.17) is 0 Å².